The second kappa shape index (κ2) is 6.04. The SMILES string of the molecule is COc1ccc([N+](=O)[O-])cc1Oc1ccc([N+](=O)[O-])cc1F. The Morgan fingerprint density at radius 1 is 0.909 bits per heavy atom. The molecule has 2 aromatic rings. The molecule has 0 heterocycles. The van der Waals surface area contributed by atoms with E-state index in [9.17, 15) is 24.6 Å². The smallest absolute Gasteiger partial charge is 0.273 e. The molecule has 0 fully saturated rings. The number of hydrogen-bond acceptors (Lipinski definition) is 6. The topological polar surface area (TPSA) is 105 Å². The van der Waals surface area contributed by atoms with Crippen LogP contribution in [0.4, 0.5) is 15.8 Å². The Kier molecular flexibility index (Phi) is 4.16. The highest BCUT2D eigenvalue weighted by atomic mass is 19.1. The van der Waals surface area contributed by atoms with E-state index in [1.165, 1.54) is 19.2 Å². The van der Waals surface area contributed by atoms with E-state index in [2.05, 4.69) is 0 Å². The van der Waals surface area contributed by atoms with Gasteiger partial charge in [-0.3, -0.25) is 20.2 Å². The molecule has 9 heteroatoms. The summed E-state index contributed by atoms with van der Waals surface area (Å²) in [7, 11) is 1.32. The maximum Gasteiger partial charge on any atom is 0.273 e. The zero-order chi connectivity index (χ0) is 16.3. The fourth-order valence-corrected chi connectivity index (χ4v) is 1.66. The molecular weight excluding hydrogens is 299 g/mol. The summed E-state index contributed by atoms with van der Waals surface area (Å²) in [6, 6.07) is 6.39. The Bertz CT molecular complexity index is 749. The van der Waals surface area contributed by atoms with Crippen LogP contribution < -0.4 is 9.47 Å². The van der Waals surface area contributed by atoms with Crippen molar-refractivity contribution in [1.82, 2.24) is 0 Å². The monoisotopic (exact) mass is 308 g/mol. The first-order valence-electron chi connectivity index (χ1n) is 5.86. The Morgan fingerprint density at radius 3 is 1.95 bits per heavy atom. The molecule has 0 amide bonds. The van der Waals surface area contributed by atoms with E-state index in [1.807, 2.05) is 0 Å². The van der Waals surface area contributed by atoms with Crippen molar-refractivity contribution < 1.29 is 23.7 Å². The van der Waals surface area contributed by atoms with E-state index in [0.29, 0.717) is 6.07 Å². The van der Waals surface area contributed by atoms with Crippen molar-refractivity contribution in [2.75, 3.05) is 7.11 Å². The molecule has 0 saturated heterocycles. The summed E-state index contributed by atoms with van der Waals surface area (Å²) in [5.41, 5.74) is -0.700. The van der Waals surface area contributed by atoms with Crippen LogP contribution in [0.1, 0.15) is 0 Å². The van der Waals surface area contributed by atoms with Crippen molar-refractivity contribution in [2.45, 2.75) is 0 Å². The molecule has 0 N–H and O–H groups in total. The van der Waals surface area contributed by atoms with Crippen molar-refractivity contribution >= 4 is 11.4 Å². The van der Waals surface area contributed by atoms with Gasteiger partial charge < -0.3 is 9.47 Å². The van der Waals surface area contributed by atoms with Crippen LogP contribution in [0.15, 0.2) is 36.4 Å². The molecular formula is C13H9FN2O6. The molecule has 0 aromatic heterocycles. The van der Waals surface area contributed by atoms with Gasteiger partial charge >= 0.3 is 0 Å². The van der Waals surface area contributed by atoms with Crippen molar-refractivity contribution in [1.29, 1.82) is 0 Å². The Labute approximate surface area is 123 Å². The lowest BCUT2D eigenvalue weighted by Crippen LogP contribution is -1.96. The first-order chi connectivity index (χ1) is 10.4. The van der Waals surface area contributed by atoms with Crippen LogP contribution >= 0.6 is 0 Å². The van der Waals surface area contributed by atoms with Crippen LogP contribution in [0, 0.1) is 26.0 Å². The van der Waals surface area contributed by atoms with Crippen LogP contribution in [-0.4, -0.2) is 17.0 Å². The molecule has 0 radical (unpaired) electrons. The van der Waals surface area contributed by atoms with Crippen LogP contribution in [0.25, 0.3) is 0 Å². The van der Waals surface area contributed by atoms with E-state index >= 15 is 0 Å². The molecule has 0 saturated carbocycles. The molecule has 2 rings (SSSR count). The number of benzene rings is 2. The summed E-state index contributed by atoms with van der Waals surface area (Å²) in [6.45, 7) is 0. The first-order valence-corrected chi connectivity index (χ1v) is 5.86. The second-order valence-electron chi connectivity index (χ2n) is 4.07. The van der Waals surface area contributed by atoms with E-state index in [0.717, 1.165) is 18.2 Å². The normalized spacial score (nSPS) is 10.1. The lowest BCUT2D eigenvalue weighted by molar-refractivity contribution is -0.385. The summed E-state index contributed by atoms with van der Waals surface area (Å²) in [6.07, 6.45) is 0. The molecule has 2 aromatic carbocycles. The van der Waals surface area contributed by atoms with Gasteiger partial charge in [0.25, 0.3) is 11.4 Å². The molecule has 0 spiro atoms. The van der Waals surface area contributed by atoms with Crippen LogP contribution in [0.5, 0.6) is 17.2 Å². The predicted molar refractivity (Wildman–Crippen MR) is 72.8 cm³/mol. The molecule has 114 valence electrons. The van der Waals surface area contributed by atoms with Gasteiger partial charge in [0.1, 0.15) is 0 Å². The van der Waals surface area contributed by atoms with Crippen molar-refractivity contribution in [3.63, 3.8) is 0 Å². The number of nitrogens with zero attached hydrogens (tertiary/aromatic N) is 2. The number of rotatable bonds is 5. The number of hydrogen-bond donors (Lipinski definition) is 0. The minimum Gasteiger partial charge on any atom is -0.493 e. The van der Waals surface area contributed by atoms with Gasteiger partial charge in [0.05, 0.1) is 29.1 Å². The zero-order valence-electron chi connectivity index (χ0n) is 11.2. The standard InChI is InChI=1S/C13H9FN2O6/c1-21-12-5-3-9(16(19)20)7-13(12)22-11-4-2-8(15(17)18)6-10(11)14/h2-7H,1H3. The van der Waals surface area contributed by atoms with Gasteiger partial charge in [-0.25, -0.2) is 4.39 Å². The van der Waals surface area contributed by atoms with E-state index in [-0.39, 0.29) is 22.9 Å². The lowest BCUT2D eigenvalue weighted by Gasteiger charge is -2.10. The molecule has 0 bridgehead atoms. The molecule has 0 aliphatic rings. The Hall–Kier alpha value is -3.23. The molecule has 0 aliphatic carbocycles. The third-order valence-corrected chi connectivity index (χ3v) is 2.70. The largest absolute Gasteiger partial charge is 0.493 e. The minimum atomic E-state index is -0.970. The zero-order valence-corrected chi connectivity index (χ0v) is 11.2. The van der Waals surface area contributed by atoms with Crippen LogP contribution in [0.3, 0.4) is 0 Å². The number of nitro groups is 2. The molecule has 0 atom stereocenters. The predicted octanol–water partition coefficient (Wildman–Crippen LogP) is 3.44. The van der Waals surface area contributed by atoms with Crippen LogP contribution in [0.2, 0.25) is 0 Å². The maximum atomic E-state index is 13.8. The average Bonchev–Trinajstić information content (AvgIpc) is 2.48. The highest BCUT2D eigenvalue weighted by molar-refractivity contribution is 5.51. The highest BCUT2D eigenvalue weighted by Gasteiger charge is 2.17. The third-order valence-electron chi connectivity index (χ3n) is 2.70. The van der Waals surface area contributed by atoms with Crippen LogP contribution in [-0.2, 0) is 0 Å². The number of methoxy groups -OCH3 is 1. The fraction of sp³-hybridized carbons (Fsp3) is 0.0769. The molecule has 0 aliphatic heterocycles. The molecule has 8 nitrogen and oxygen atoms in total. The number of halogens is 1. The van der Waals surface area contributed by atoms with E-state index in [4.69, 9.17) is 9.47 Å². The third kappa shape index (κ3) is 3.08. The van der Waals surface area contributed by atoms with Crippen molar-refractivity contribution in [3.05, 3.63) is 62.4 Å². The van der Waals surface area contributed by atoms with Crippen molar-refractivity contribution in [3.8, 4) is 17.2 Å². The minimum absolute atomic E-state index is 0.0792. The Morgan fingerprint density at radius 2 is 1.45 bits per heavy atom. The Balaban J connectivity index is 2.39. The maximum absolute atomic E-state index is 13.8. The van der Waals surface area contributed by atoms with E-state index in [1.54, 1.807) is 0 Å². The van der Waals surface area contributed by atoms with Gasteiger partial charge in [-0.1, -0.05) is 0 Å². The highest BCUT2D eigenvalue weighted by Crippen LogP contribution is 2.36. The number of nitro benzene ring substituents is 2. The molecule has 0 unspecified atom stereocenters. The van der Waals surface area contributed by atoms with Gasteiger partial charge in [0, 0.05) is 12.1 Å². The van der Waals surface area contributed by atoms with Gasteiger partial charge in [0.15, 0.2) is 23.1 Å². The van der Waals surface area contributed by atoms with Gasteiger partial charge in [0.2, 0.25) is 0 Å². The second-order valence-corrected chi connectivity index (χ2v) is 4.07. The quantitative estimate of drug-likeness (QED) is 0.619. The lowest BCUT2D eigenvalue weighted by atomic mass is 10.2. The molecule has 22 heavy (non-hydrogen) atoms. The first kappa shape index (κ1) is 15.2. The summed E-state index contributed by atoms with van der Waals surface area (Å²) in [4.78, 5) is 19.9. The summed E-state index contributed by atoms with van der Waals surface area (Å²) in [5, 5.41) is 21.3. The summed E-state index contributed by atoms with van der Waals surface area (Å²) < 4.78 is 24.0. The van der Waals surface area contributed by atoms with E-state index < -0.39 is 21.4 Å². The van der Waals surface area contributed by atoms with Gasteiger partial charge in [-0.15, -0.1) is 0 Å². The summed E-state index contributed by atoms with van der Waals surface area (Å²) in [5.74, 6) is -1.21. The fourth-order valence-electron chi connectivity index (χ4n) is 1.66. The number of non-ortho nitro benzene ring substituents is 2. The average molecular weight is 308 g/mol. The number of ether oxygens (including phenoxy) is 2. The van der Waals surface area contributed by atoms with Gasteiger partial charge in [-0.2, -0.15) is 0 Å². The summed E-state index contributed by atoms with van der Waals surface area (Å²) >= 11 is 0. The van der Waals surface area contributed by atoms with Crippen molar-refractivity contribution in [2.24, 2.45) is 0 Å². The van der Waals surface area contributed by atoms with Gasteiger partial charge in [-0.05, 0) is 12.1 Å².